The quantitative estimate of drug-likeness (QED) is 0.241. The van der Waals surface area contributed by atoms with Gasteiger partial charge in [-0.05, 0) is 46.6 Å². The minimum atomic E-state index is -3.81. The molecule has 0 atom stereocenters. The Labute approximate surface area is 204 Å². The Bertz CT molecular complexity index is 1100. The summed E-state index contributed by atoms with van der Waals surface area (Å²) in [6, 6.07) is 7.35. The summed E-state index contributed by atoms with van der Waals surface area (Å²) in [7, 11) is -3.81. The number of piperazine rings is 1. The molecule has 174 valence electrons. The monoisotopic (exact) mass is 560 g/mol. The highest BCUT2D eigenvalue weighted by atomic mass is 79.9. The Balaban J connectivity index is 1.78. The fourth-order valence-corrected chi connectivity index (χ4v) is 6.62. The Morgan fingerprint density at radius 2 is 1.94 bits per heavy atom. The van der Waals surface area contributed by atoms with E-state index in [0.717, 1.165) is 34.3 Å². The lowest BCUT2D eigenvalue weighted by atomic mass is 10.3. The van der Waals surface area contributed by atoms with Crippen LogP contribution in [0, 0.1) is 5.41 Å². The lowest BCUT2D eigenvalue weighted by Crippen LogP contribution is -2.48. The number of hydrogen-bond acceptors (Lipinski definition) is 8. The topological polar surface area (TPSA) is 121 Å². The number of halogens is 1. The first-order valence-electron chi connectivity index (χ1n) is 9.79. The second-order valence-electron chi connectivity index (χ2n) is 6.85. The number of anilines is 2. The lowest BCUT2D eigenvalue weighted by molar-refractivity contribution is 0.196. The van der Waals surface area contributed by atoms with Gasteiger partial charge in [0.15, 0.2) is 21.6 Å². The molecule has 9 nitrogen and oxygen atoms in total. The molecule has 1 fully saturated rings. The number of nitrogens with one attached hydrogen (secondary N) is 3. The van der Waals surface area contributed by atoms with Crippen LogP contribution in [0.1, 0.15) is 6.92 Å². The molecule has 32 heavy (non-hydrogen) atoms. The summed E-state index contributed by atoms with van der Waals surface area (Å²) in [5, 5.41) is 26.4. The molecule has 2 heterocycles. The van der Waals surface area contributed by atoms with Crippen LogP contribution in [-0.2, 0) is 10.0 Å². The van der Waals surface area contributed by atoms with Gasteiger partial charge in [-0.3, -0.25) is 5.41 Å². The van der Waals surface area contributed by atoms with Crippen LogP contribution in [0.3, 0.4) is 0 Å². The number of aromatic hydroxyl groups is 1. The standard InChI is InChI=1S/C19H25BrN6O3S3/c1-3-25-8-10-26(11-9-25)32(28,29)19-16(27)15(12-31-19)23-18(24-30-2)17(21)22-14-7-5-4-6-13(14)20/h4-7,12,27H,3,8-11H2,1-2H3,(H2,21,22)(H,23,24). The van der Waals surface area contributed by atoms with E-state index in [0.29, 0.717) is 31.9 Å². The van der Waals surface area contributed by atoms with E-state index in [2.05, 4.69) is 35.9 Å². The lowest BCUT2D eigenvalue weighted by Gasteiger charge is -2.32. The molecule has 1 aromatic heterocycles. The molecular weight excluding hydrogens is 536 g/mol. The van der Waals surface area contributed by atoms with Crippen LogP contribution >= 0.6 is 39.2 Å². The van der Waals surface area contributed by atoms with Crippen molar-refractivity contribution in [1.29, 1.82) is 5.41 Å². The van der Waals surface area contributed by atoms with Gasteiger partial charge in [0.05, 0.1) is 11.4 Å². The van der Waals surface area contributed by atoms with Crippen molar-refractivity contribution >= 4 is 72.3 Å². The highest BCUT2D eigenvalue weighted by molar-refractivity contribution is 9.10. The average molecular weight is 562 g/mol. The van der Waals surface area contributed by atoms with Crippen molar-refractivity contribution in [2.24, 2.45) is 4.40 Å². The molecule has 1 aliphatic rings. The van der Waals surface area contributed by atoms with Gasteiger partial charge in [0, 0.05) is 42.3 Å². The van der Waals surface area contributed by atoms with Gasteiger partial charge < -0.3 is 20.6 Å². The van der Waals surface area contributed by atoms with E-state index >= 15 is 0 Å². The maximum Gasteiger partial charge on any atom is 0.256 e. The summed E-state index contributed by atoms with van der Waals surface area (Å²) in [6.07, 6.45) is 1.74. The van der Waals surface area contributed by atoms with Crippen molar-refractivity contribution in [2.45, 2.75) is 11.1 Å². The minimum absolute atomic E-state index is 0.0306. The predicted molar refractivity (Wildman–Crippen MR) is 137 cm³/mol. The fraction of sp³-hybridized carbons (Fsp3) is 0.368. The van der Waals surface area contributed by atoms with Gasteiger partial charge in [-0.1, -0.05) is 19.1 Å². The first kappa shape index (κ1) is 25.0. The van der Waals surface area contributed by atoms with Crippen LogP contribution in [-0.4, -0.2) is 73.4 Å². The van der Waals surface area contributed by atoms with E-state index in [1.54, 1.807) is 12.3 Å². The molecule has 0 saturated carbocycles. The van der Waals surface area contributed by atoms with E-state index in [1.807, 2.05) is 25.1 Å². The molecular formula is C19H25BrN6O3S3. The van der Waals surface area contributed by atoms with Crippen LogP contribution in [0.4, 0.5) is 11.4 Å². The van der Waals surface area contributed by atoms with Gasteiger partial charge in [-0.15, -0.1) is 11.3 Å². The zero-order valence-electron chi connectivity index (χ0n) is 17.6. The highest BCUT2D eigenvalue weighted by Gasteiger charge is 2.33. The van der Waals surface area contributed by atoms with E-state index in [1.165, 1.54) is 9.69 Å². The summed E-state index contributed by atoms with van der Waals surface area (Å²) in [6.45, 7) is 5.02. The summed E-state index contributed by atoms with van der Waals surface area (Å²) < 4.78 is 32.4. The number of para-hydroxylation sites is 1. The third kappa shape index (κ3) is 5.64. The van der Waals surface area contributed by atoms with Crippen LogP contribution in [0.25, 0.3) is 0 Å². The maximum absolute atomic E-state index is 13.1. The summed E-state index contributed by atoms with van der Waals surface area (Å²) in [5.74, 6) is -0.241. The fourth-order valence-electron chi connectivity index (χ4n) is 3.12. The second-order valence-corrected chi connectivity index (χ2v) is 11.3. The smallest absolute Gasteiger partial charge is 0.256 e. The van der Waals surface area contributed by atoms with Gasteiger partial charge in [-0.2, -0.15) is 8.70 Å². The number of likely N-dealkylation sites (N-methyl/N-ethyl adjacent to an activating group) is 1. The third-order valence-electron chi connectivity index (χ3n) is 4.89. The van der Waals surface area contributed by atoms with Crippen LogP contribution in [0.2, 0.25) is 0 Å². The number of amidine groups is 2. The van der Waals surface area contributed by atoms with Gasteiger partial charge >= 0.3 is 0 Å². The van der Waals surface area contributed by atoms with E-state index < -0.39 is 10.0 Å². The summed E-state index contributed by atoms with van der Waals surface area (Å²) >= 11 is 5.51. The van der Waals surface area contributed by atoms with Crippen molar-refractivity contribution in [3.63, 3.8) is 0 Å². The molecule has 1 aliphatic heterocycles. The minimum Gasteiger partial charge on any atom is -0.504 e. The maximum atomic E-state index is 13.1. The number of benzene rings is 1. The van der Waals surface area contributed by atoms with Crippen molar-refractivity contribution in [2.75, 3.05) is 49.6 Å². The number of thiophene rings is 1. The normalized spacial score (nSPS) is 16.2. The van der Waals surface area contributed by atoms with E-state index in [9.17, 15) is 13.5 Å². The Hall–Kier alpha value is -1.64. The zero-order valence-corrected chi connectivity index (χ0v) is 21.7. The number of hydrogen-bond donors (Lipinski definition) is 4. The molecule has 0 radical (unpaired) electrons. The molecule has 3 rings (SSSR count). The summed E-state index contributed by atoms with van der Waals surface area (Å²) in [4.78, 5) is 2.18. The van der Waals surface area contributed by atoms with Crippen LogP contribution in [0.15, 0.2) is 42.7 Å². The van der Waals surface area contributed by atoms with E-state index in [-0.39, 0.29) is 27.3 Å². The first-order valence-corrected chi connectivity index (χ1v) is 14.1. The molecule has 0 aliphatic carbocycles. The van der Waals surface area contributed by atoms with Gasteiger partial charge in [0.25, 0.3) is 10.0 Å². The van der Waals surface area contributed by atoms with Gasteiger partial charge in [0.1, 0.15) is 0 Å². The highest BCUT2D eigenvalue weighted by Crippen LogP contribution is 2.39. The molecule has 13 heteroatoms. The van der Waals surface area contributed by atoms with E-state index in [4.69, 9.17) is 5.41 Å². The molecule has 1 aromatic carbocycles. The molecule has 0 unspecified atom stereocenters. The predicted octanol–water partition coefficient (Wildman–Crippen LogP) is 3.72. The largest absolute Gasteiger partial charge is 0.504 e. The second kappa shape index (κ2) is 11.0. The van der Waals surface area contributed by atoms with Gasteiger partial charge in [-0.25, -0.2) is 8.42 Å². The molecule has 0 bridgehead atoms. The van der Waals surface area contributed by atoms with Crippen molar-refractivity contribution in [1.82, 2.24) is 9.21 Å². The Morgan fingerprint density at radius 3 is 2.56 bits per heavy atom. The van der Waals surface area contributed by atoms with Crippen LogP contribution in [0.5, 0.6) is 5.75 Å². The molecule has 2 aromatic rings. The average Bonchev–Trinajstić information content (AvgIpc) is 3.16. The van der Waals surface area contributed by atoms with Crippen molar-refractivity contribution in [3.05, 3.63) is 34.1 Å². The third-order valence-corrected chi connectivity index (χ3v) is 9.34. The molecule has 4 N–H and O–H groups in total. The SMILES string of the molecule is CCN1CCN(S(=O)(=O)c2scc(N/C(=N/SC)C(=N)Nc3ccccc3Br)c2O)CC1. The zero-order chi connectivity index (χ0) is 23.3. The number of nitrogens with zero attached hydrogens (tertiary/aromatic N) is 3. The first-order chi connectivity index (χ1) is 15.3. The molecule has 0 spiro atoms. The number of rotatable bonds is 6. The van der Waals surface area contributed by atoms with Crippen molar-refractivity contribution < 1.29 is 13.5 Å². The van der Waals surface area contributed by atoms with Gasteiger partial charge in [0.2, 0.25) is 0 Å². The Kier molecular flexibility index (Phi) is 8.58. The molecule has 0 amide bonds. The number of sulfonamides is 1. The molecule has 1 saturated heterocycles. The van der Waals surface area contributed by atoms with Crippen LogP contribution < -0.4 is 10.6 Å². The Morgan fingerprint density at radius 1 is 1.25 bits per heavy atom. The summed E-state index contributed by atoms with van der Waals surface area (Å²) in [5.41, 5.74) is 0.865. The van der Waals surface area contributed by atoms with Crippen molar-refractivity contribution in [3.8, 4) is 5.75 Å².